The minimum absolute atomic E-state index is 0.117. The molecule has 1 aliphatic heterocycles. The highest BCUT2D eigenvalue weighted by atomic mass is 16.6. The molecule has 136 valence electrons. The minimum atomic E-state index is -0.785. The maximum absolute atomic E-state index is 12.5. The second-order valence-corrected chi connectivity index (χ2v) is 5.35. The number of carbonyl (C=O) groups is 2. The predicted octanol–water partition coefficient (Wildman–Crippen LogP) is 1.38. The fraction of sp³-hybridized carbons (Fsp3) is 0.412. The van der Waals surface area contributed by atoms with Gasteiger partial charge in [-0.3, -0.25) is 4.79 Å². The van der Waals surface area contributed by atoms with E-state index in [2.05, 4.69) is 17.2 Å². The van der Waals surface area contributed by atoms with Crippen molar-refractivity contribution in [3.63, 3.8) is 0 Å². The van der Waals surface area contributed by atoms with Crippen LogP contribution >= 0.6 is 0 Å². The second kappa shape index (κ2) is 8.39. The molecule has 0 saturated carbocycles. The van der Waals surface area contributed by atoms with Gasteiger partial charge in [0, 0.05) is 12.8 Å². The Morgan fingerprint density at radius 2 is 1.88 bits per heavy atom. The lowest BCUT2D eigenvalue weighted by Crippen LogP contribution is -2.51. The number of urea groups is 1. The smallest absolute Gasteiger partial charge is 0.319 e. The Morgan fingerprint density at radius 1 is 1.16 bits per heavy atom. The van der Waals surface area contributed by atoms with Gasteiger partial charge in [0.2, 0.25) is 0 Å². The largest absolute Gasteiger partial charge is 0.493 e. The van der Waals surface area contributed by atoms with Crippen LogP contribution in [0.1, 0.15) is 11.6 Å². The first kappa shape index (κ1) is 18.6. The SMILES string of the molecule is C=C1NC(=O)N[C@@H](c2ccc(OC)c(OC)c2)[C@@H]1C(=O)OCCOC. The Kier molecular flexibility index (Phi) is 6.24. The highest BCUT2D eigenvalue weighted by molar-refractivity contribution is 5.85. The second-order valence-electron chi connectivity index (χ2n) is 5.35. The highest BCUT2D eigenvalue weighted by Crippen LogP contribution is 2.35. The van der Waals surface area contributed by atoms with E-state index in [1.165, 1.54) is 21.3 Å². The maximum atomic E-state index is 12.5. The normalized spacial score (nSPS) is 19.6. The van der Waals surface area contributed by atoms with Crippen LogP contribution in [0, 0.1) is 5.92 Å². The zero-order valence-electron chi connectivity index (χ0n) is 14.5. The lowest BCUT2D eigenvalue weighted by atomic mass is 9.89. The summed E-state index contributed by atoms with van der Waals surface area (Å²) in [5.74, 6) is -0.253. The van der Waals surface area contributed by atoms with Gasteiger partial charge in [-0.15, -0.1) is 0 Å². The standard InChI is InChI=1S/C17H22N2O6/c1-10-14(16(20)25-8-7-22-2)15(19-17(21)18-10)11-5-6-12(23-3)13(9-11)24-4/h5-6,9,14-15H,1,7-8H2,2-4H3,(H2,18,19,21)/t14-,15+/m1/s1. The van der Waals surface area contributed by atoms with Gasteiger partial charge < -0.3 is 29.6 Å². The first-order chi connectivity index (χ1) is 12.0. The van der Waals surface area contributed by atoms with E-state index in [1.54, 1.807) is 18.2 Å². The van der Waals surface area contributed by atoms with E-state index >= 15 is 0 Å². The molecule has 0 unspecified atom stereocenters. The molecule has 2 N–H and O–H groups in total. The van der Waals surface area contributed by atoms with Crippen LogP contribution in [-0.2, 0) is 14.3 Å². The number of hydrogen-bond acceptors (Lipinski definition) is 6. The molecule has 1 aromatic carbocycles. The monoisotopic (exact) mass is 350 g/mol. The summed E-state index contributed by atoms with van der Waals surface area (Å²) in [7, 11) is 4.56. The quantitative estimate of drug-likeness (QED) is 0.570. The number of nitrogens with one attached hydrogen (secondary N) is 2. The van der Waals surface area contributed by atoms with Gasteiger partial charge >= 0.3 is 12.0 Å². The summed E-state index contributed by atoms with van der Waals surface area (Å²) in [6, 6.07) is 4.08. The third kappa shape index (κ3) is 4.21. The molecule has 8 nitrogen and oxygen atoms in total. The first-order valence-electron chi connectivity index (χ1n) is 7.65. The molecule has 1 saturated heterocycles. The van der Waals surface area contributed by atoms with Gasteiger partial charge in [0.05, 0.1) is 26.9 Å². The van der Waals surface area contributed by atoms with Crippen molar-refractivity contribution in [1.29, 1.82) is 0 Å². The fourth-order valence-corrected chi connectivity index (χ4v) is 2.60. The van der Waals surface area contributed by atoms with Crippen molar-refractivity contribution in [2.75, 3.05) is 34.5 Å². The van der Waals surface area contributed by atoms with E-state index in [0.29, 0.717) is 17.1 Å². The first-order valence-corrected chi connectivity index (χ1v) is 7.65. The Hall–Kier alpha value is -2.74. The van der Waals surface area contributed by atoms with Crippen molar-refractivity contribution in [3.05, 3.63) is 36.0 Å². The molecule has 0 aliphatic carbocycles. The number of benzene rings is 1. The summed E-state index contributed by atoms with van der Waals surface area (Å²) in [5.41, 5.74) is 0.938. The lowest BCUT2D eigenvalue weighted by molar-refractivity contribution is -0.149. The van der Waals surface area contributed by atoms with Crippen molar-refractivity contribution in [3.8, 4) is 11.5 Å². The van der Waals surface area contributed by atoms with Crippen molar-refractivity contribution in [1.82, 2.24) is 10.6 Å². The van der Waals surface area contributed by atoms with Crippen LogP contribution in [0.4, 0.5) is 4.79 Å². The molecule has 25 heavy (non-hydrogen) atoms. The van der Waals surface area contributed by atoms with Gasteiger partial charge in [-0.1, -0.05) is 12.6 Å². The number of rotatable bonds is 7. The Bertz CT molecular complexity index is 661. The van der Waals surface area contributed by atoms with Crippen molar-refractivity contribution < 1.29 is 28.5 Å². The molecule has 8 heteroatoms. The van der Waals surface area contributed by atoms with Crippen LogP contribution in [0.15, 0.2) is 30.5 Å². The van der Waals surface area contributed by atoms with Gasteiger partial charge in [0.1, 0.15) is 12.5 Å². The average Bonchev–Trinajstić information content (AvgIpc) is 2.60. The van der Waals surface area contributed by atoms with E-state index in [-0.39, 0.29) is 18.9 Å². The molecule has 2 rings (SSSR count). The summed E-state index contributed by atoms with van der Waals surface area (Å²) < 4.78 is 20.6. The van der Waals surface area contributed by atoms with Gasteiger partial charge in [-0.25, -0.2) is 4.79 Å². The zero-order chi connectivity index (χ0) is 18.4. The van der Waals surface area contributed by atoms with E-state index in [4.69, 9.17) is 18.9 Å². The molecule has 2 atom stereocenters. The summed E-state index contributed by atoms with van der Waals surface area (Å²) >= 11 is 0. The number of ether oxygens (including phenoxy) is 4. The van der Waals surface area contributed by atoms with E-state index in [1.807, 2.05) is 0 Å². The van der Waals surface area contributed by atoms with E-state index in [9.17, 15) is 9.59 Å². The molecule has 1 aromatic rings. The maximum Gasteiger partial charge on any atom is 0.319 e. The van der Waals surface area contributed by atoms with Gasteiger partial charge in [0.15, 0.2) is 11.5 Å². The lowest BCUT2D eigenvalue weighted by Gasteiger charge is -2.33. The van der Waals surface area contributed by atoms with E-state index in [0.717, 1.165) is 0 Å². The van der Waals surface area contributed by atoms with Gasteiger partial charge in [0.25, 0.3) is 0 Å². The topological polar surface area (TPSA) is 95.1 Å². The van der Waals surface area contributed by atoms with Crippen molar-refractivity contribution >= 4 is 12.0 Å². The third-order valence-electron chi connectivity index (χ3n) is 3.82. The fourth-order valence-electron chi connectivity index (χ4n) is 2.60. The van der Waals surface area contributed by atoms with Gasteiger partial charge in [-0.2, -0.15) is 0 Å². The number of amides is 2. The van der Waals surface area contributed by atoms with Crippen LogP contribution in [0.3, 0.4) is 0 Å². The number of methoxy groups -OCH3 is 3. The molecular formula is C17H22N2O6. The zero-order valence-corrected chi connectivity index (χ0v) is 14.5. The molecule has 2 amide bonds. The third-order valence-corrected chi connectivity index (χ3v) is 3.82. The van der Waals surface area contributed by atoms with Crippen LogP contribution in [0.2, 0.25) is 0 Å². The molecule has 0 aromatic heterocycles. The Balaban J connectivity index is 2.31. The van der Waals surface area contributed by atoms with Crippen LogP contribution < -0.4 is 20.1 Å². The van der Waals surface area contributed by atoms with E-state index < -0.39 is 24.0 Å². The molecular weight excluding hydrogens is 328 g/mol. The van der Waals surface area contributed by atoms with Crippen LogP contribution in [0.5, 0.6) is 11.5 Å². The number of hydrogen-bond donors (Lipinski definition) is 2. The molecule has 1 aliphatic rings. The Morgan fingerprint density at radius 3 is 2.52 bits per heavy atom. The predicted molar refractivity (Wildman–Crippen MR) is 89.4 cm³/mol. The van der Waals surface area contributed by atoms with Crippen molar-refractivity contribution in [2.24, 2.45) is 5.92 Å². The van der Waals surface area contributed by atoms with Crippen molar-refractivity contribution in [2.45, 2.75) is 6.04 Å². The summed E-state index contributed by atoms with van der Waals surface area (Å²) in [6.45, 7) is 4.19. The Labute approximate surface area is 146 Å². The average molecular weight is 350 g/mol. The molecule has 0 spiro atoms. The molecule has 0 radical (unpaired) electrons. The highest BCUT2D eigenvalue weighted by Gasteiger charge is 2.39. The summed E-state index contributed by atoms with van der Waals surface area (Å²) in [4.78, 5) is 24.3. The van der Waals surface area contributed by atoms with Gasteiger partial charge in [-0.05, 0) is 17.7 Å². The summed E-state index contributed by atoms with van der Waals surface area (Å²) in [5, 5.41) is 5.25. The molecule has 1 heterocycles. The minimum Gasteiger partial charge on any atom is -0.493 e. The van der Waals surface area contributed by atoms with Crippen LogP contribution in [-0.4, -0.2) is 46.5 Å². The number of esters is 1. The molecule has 1 fully saturated rings. The molecule has 0 bridgehead atoms. The van der Waals surface area contributed by atoms with Crippen LogP contribution in [0.25, 0.3) is 0 Å². The summed E-state index contributed by atoms with van der Waals surface area (Å²) in [6.07, 6.45) is 0. The number of carbonyl (C=O) groups excluding carboxylic acids is 2.